The van der Waals surface area contributed by atoms with E-state index in [1.807, 2.05) is 30.5 Å². The van der Waals surface area contributed by atoms with Gasteiger partial charge >= 0.3 is 0 Å². The number of benzene rings is 2. The van der Waals surface area contributed by atoms with Crippen molar-refractivity contribution in [3.8, 4) is 5.75 Å². The quantitative estimate of drug-likeness (QED) is 0.257. The first-order chi connectivity index (χ1) is 14.8. The van der Waals surface area contributed by atoms with Gasteiger partial charge in [-0.05, 0) is 54.3 Å². The van der Waals surface area contributed by atoms with Crippen molar-refractivity contribution < 1.29 is 19.4 Å². The monoisotopic (exact) mass is 517 g/mol. The van der Waals surface area contributed by atoms with Crippen molar-refractivity contribution in [2.45, 2.75) is 13.0 Å². The molecule has 2 heterocycles. The number of amides is 1. The van der Waals surface area contributed by atoms with Crippen LogP contribution in [0.3, 0.4) is 0 Å². The van der Waals surface area contributed by atoms with Crippen molar-refractivity contribution in [2.75, 3.05) is 12.0 Å². The maximum absolute atomic E-state index is 13.2. The molecule has 1 saturated heterocycles. The predicted octanol–water partition coefficient (Wildman–Crippen LogP) is 6.11. The molecule has 0 bridgehead atoms. The van der Waals surface area contributed by atoms with Crippen LogP contribution in [0.15, 0.2) is 64.0 Å². The highest BCUT2D eigenvalue weighted by molar-refractivity contribution is 9.10. The molecule has 1 aliphatic rings. The Morgan fingerprint density at radius 1 is 1.19 bits per heavy atom. The number of ether oxygens (including phenoxy) is 1. The largest absolute Gasteiger partial charge is 0.507 e. The van der Waals surface area contributed by atoms with Crippen molar-refractivity contribution in [3.63, 3.8) is 0 Å². The molecule has 1 aromatic heterocycles. The van der Waals surface area contributed by atoms with Crippen LogP contribution in [0.25, 0.3) is 5.76 Å². The number of methoxy groups -OCH3 is 1. The summed E-state index contributed by atoms with van der Waals surface area (Å²) in [4.78, 5) is 28.5. The molecule has 4 rings (SSSR count). The molecule has 1 unspecified atom stereocenters. The van der Waals surface area contributed by atoms with E-state index in [4.69, 9.17) is 16.3 Å². The van der Waals surface area contributed by atoms with Crippen LogP contribution < -0.4 is 9.64 Å². The number of aliphatic hydroxyl groups is 1. The van der Waals surface area contributed by atoms with Crippen molar-refractivity contribution >= 4 is 62.0 Å². The second-order valence-corrected chi connectivity index (χ2v) is 9.29. The number of ketones is 1. The number of nitrogens with zero attached hydrogens (tertiary/aromatic N) is 1. The minimum atomic E-state index is -0.779. The predicted molar refractivity (Wildman–Crippen MR) is 126 cm³/mol. The number of anilines is 1. The van der Waals surface area contributed by atoms with Gasteiger partial charge in [0.05, 0.1) is 23.3 Å². The molecule has 0 aliphatic carbocycles. The Bertz CT molecular complexity index is 1220. The van der Waals surface area contributed by atoms with E-state index in [-0.39, 0.29) is 22.6 Å². The second-order valence-electron chi connectivity index (χ2n) is 6.99. The van der Waals surface area contributed by atoms with E-state index < -0.39 is 17.7 Å². The number of hydrogen-bond acceptors (Lipinski definition) is 5. The number of rotatable bonds is 4. The van der Waals surface area contributed by atoms with Crippen LogP contribution in [0.2, 0.25) is 5.02 Å². The normalized spacial score (nSPS) is 17.9. The maximum Gasteiger partial charge on any atom is 0.300 e. The third-order valence-electron chi connectivity index (χ3n) is 4.99. The SMILES string of the molecule is COc1c(Cl)cc(C)cc1/C(O)=C1/C(=O)C(=O)N(c2cccc(Br)c2)C1c1cccs1. The molecule has 5 nitrogen and oxygen atoms in total. The number of carbonyl (C=O) groups is 2. The molecule has 8 heteroatoms. The van der Waals surface area contributed by atoms with Gasteiger partial charge in [0.1, 0.15) is 17.6 Å². The first kappa shape index (κ1) is 21.6. The summed E-state index contributed by atoms with van der Waals surface area (Å²) >= 11 is 11.1. The zero-order valence-electron chi connectivity index (χ0n) is 16.6. The van der Waals surface area contributed by atoms with Gasteiger partial charge in [-0.2, -0.15) is 0 Å². The van der Waals surface area contributed by atoms with Gasteiger partial charge in [-0.1, -0.05) is 39.7 Å². The van der Waals surface area contributed by atoms with Gasteiger partial charge in [-0.25, -0.2) is 0 Å². The Labute approximate surface area is 196 Å². The van der Waals surface area contributed by atoms with Crippen molar-refractivity contribution in [2.24, 2.45) is 0 Å². The molecule has 158 valence electrons. The van der Waals surface area contributed by atoms with Crippen LogP contribution >= 0.6 is 38.9 Å². The van der Waals surface area contributed by atoms with Gasteiger partial charge < -0.3 is 9.84 Å². The van der Waals surface area contributed by atoms with Crippen molar-refractivity contribution in [1.29, 1.82) is 0 Å². The van der Waals surface area contributed by atoms with Crippen LogP contribution in [-0.2, 0) is 9.59 Å². The van der Waals surface area contributed by atoms with Gasteiger partial charge in [0.25, 0.3) is 11.7 Å². The van der Waals surface area contributed by atoms with E-state index in [2.05, 4.69) is 15.9 Å². The smallest absolute Gasteiger partial charge is 0.300 e. The summed E-state index contributed by atoms with van der Waals surface area (Å²) < 4.78 is 6.16. The number of carbonyl (C=O) groups excluding carboxylic acids is 2. The Kier molecular flexibility index (Phi) is 5.92. The van der Waals surface area contributed by atoms with Crippen molar-refractivity contribution in [3.05, 3.63) is 85.0 Å². The summed E-state index contributed by atoms with van der Waals surface area (Å²) in [6.07, 6.45) is 0. The van der Waals surface area contributed by atoms with E-state index in [0.29, 0.717) is 10.7 Å². The number of Topliss-reactive ketones (excluding diaryl/α,β-unsaturated/α-hetero) is 1. The van der Waals surface area contributed by atoms with Gasteiger partial charge in [-0.15, -0.1) is 11.3 Å². The van der Waals surface area contributed by atoms with Gasteiger partial charge in [0.2, 0.25) is 0 Å². The maximum atomic E-state index is 13.2. The molecule has 31 heavy (non-hydrogen) atoms. The van der Waals surface area contributed by atoms with E-state index in [9.17, 15) is 14.7 Å². The highest BCUT2D eigenvalue weighted by Crippen LogP contribution is 2.45. The third-order valence-corrected chi connectivity index (χ3v) is 6.69. The molecule has 1 atom stereocenters. The fourth-order valence-electron chi connectivity index (χ4n) is 3.70. The van der Waals surface area contributed by atoms with E-state index in [1.54, 1.807) is 30.3 Å². The fourth-order valence-corrected chi connectivity index (χ4v) is 5.26. The van der Waals surface area contributed by atoms with Crippen LogP contribution in [0, 0.1) is 6.92 Å². The summed E-state index contributed by atoms with van der Waals surface area (Å²) in [7, 11) is 1.43. The lowest BCUT2D eigenvalue weighted by Crippen LogP contribution is -2.29. The highest BCUT2D eigenvalue weighted by Gasteiger charge is 2.47. The summed E-state index contributed by atoms with van der Waals surface area (Å²) in [5.41, 5.74) is 1.58. The zero-order valence-corrected chi connectivity index (χ0v) is 19.7. The number of aliphatic hydroxyl groups excluding tert-OH is 1. The van der Waals surface area contributed by atoms with Gasteiger partial charge in [0, 0.05) is 15.0 Å². The number of aryl methyl sites for hydroxylation is 1. The first-order valence-corrected chi connectivity index (χ1v) is 11.3. The number of hydrogen-bond donors (Lipinski definition) is 1. The number of halogens is 2. The average Bonchev–Trinajstić information content (AvgIpc) is 3.34. The summed E-state index contributed by atoms with van der Waals surface area (Å²) in [6.45, 7) is 1.82. The topological polar surface area (TPSA) is 66.8 Å². The molecule has 0 radical (unpaired) electrons. The van der Waals surface area contributed by atoms with E-state index in [0.717, 1.165) is 14.9 Å². The zero-order chi connectivity index (χ0) is 22.3. The molecule has 0 spiro atoms. The highest BCUT2D eigenvalue weighted by atomic mass is 79.9. The molecule has 1 N–H and O–H groups in total. The average molecular weight is 519 g/mol. The fraction of sp³-hybridized carbons (Fsp3) is 0.130. The molecule has 1 fully saturated rings. The lowest BCUT2D eigenvalue weighted by Gasteiger charge is -2.24. The molecule has 1 amide bonds. The van der Waals surface area contributed by atoms with E-state index >= 15 is 0 Å². The third kappa shape index (κ3) is 3.78. The lowest BCUT2D eigenvalue weighted by molar-refractivity contribution is -0.132. The standard InChI is InChI=1S/C23H17BrClNO4S/c1-12-9-15(22(30-2)16(25)10-12)20(27)18-19(17-7-4-8-31-17)26(23(29)21(18)28)14-6-3-5-13(24)11-14/h3-11,19,27H,1-2H3/b20-18-. The Morgan fingerprint density at radius 3 is 2.61 bits per heavy atom. The molecular formula is C23H17BrClNO4S. The molecule has 3 aromatic rings. The minimum Gasteiger partial charge on any atom is -0.507 e. The van der Waals surface area contributed by atoms with Crippen LogP contribution in [-0.4, -0.2) is 23.9 Å². The second kappa shape index (κ2) is 8.49. The van der Waals surface area contributed by atoms with Gasteiger partial charge in [-0.3, -0.25) is 14.5 Å². The molecule has 1 aliphatic heterocycles. The minimum absolute atomic E-state index is 0.00704. The Balaban J connectivity index is 1.99. The van der Waals surface area contributed by atoms with Crippen LogP contribution in [0.4, 0.5) is 5.69 Å². The Morgan fingerprint density at radius 2 is 1.97 bits per heavy atom. The summed E-state index contributed by atoms with van der Waals surface area (Å²) in [6, 6.07) is 13.4. The summed E-state index contributed by atoms with van der Waals surface area (Å²) in [5.74, 6) is -1.56. The van der Waals surface area contributed by atoms with Crippen LogP contribution in [0.1, 0.15) is 22.0 Å². The molecule has 0 saturated carbocycles. The Hall–Kier alpha value is -2.61. The molecule has 2 aromatic carbocycles. The lowest BCUT2D eigenvalue weighted by atomic mass is 9.98. The van der Waals surface area contributed by atoms with Crippen LogP contribution in [0.5, 0.6) is 5.75 Å². The summed E-state index contributed by atoms with van der Waals surface area (Å²) in [5, 5.41) is 13.5. The van der Waals surface area contributed by atoms with Crippen molar-refractivity contribution in [1.82, 2.24) is 0 Å². The number of thiophene rings is 1. The van der Waals surface area contributed by atoms with Gasteiger partial charge in [0.15, 0.2) is 0 Å². The van der Waals surface area contributed by atoms with E-state index in [1.165, 1.54) is 23.3 Å². The first-order valence-electron chi connectivity index (χ1n) is 9.28. The molecular weight excluding hydrogens is 502 g/mol.